The van der Waals surface area contributed by atoms with Crippen LogP contribution in [0.4, 0.5) is 0 Å². The summed E-state index contributed by atoms with van der Waals surface area (Å²) in [6, 6.07) is 4.90. The molecule has 0 unspecified atom stereocenters. The first-order valence-electron chi connectivity index (χ1n) is 7.40. The number of rotatable bonds is 5. The Morgan fingerprint density at radius 1 is 1.39 bits per heavy atom. The minimum Gasteiger partial charge on any atom is -0.504 e. The fourth-order valence-electron chi connectivity index (χ4n) is 2.62. The number of piperidine rings is 1. The van der Waals surface area contributed by atoms with Crippen LogP contribution in [0.15, 0.2) is 18.2 Å². The third-order valence-corrected chi connectivity index (χ3v) is 5.31. The summed E-state index contributed by atoms with van der Waals surface area (Å²) in [5.74, 6) is 0.158. The highest BCUT2D eigenvalue weighted by Crippen LogP contribution is 2.26. The van der Waals surface area contributed by atoms with Gasteiger partial charge in [0.2, 0.25) is 15.9 Å². The molecule has 0 aromatic heterocycles. The maximum atomic E-state index is 12.2. The van der Waals surface area contributed by atoms with Gasteiger partial charge in [-0.3, -0.25) is 4.79 Å². The Morgan fingerprint density at radius 3 is 2.61 bits per heavy atom. The van der Waals surface area contributed by atoms with Crippen molar-refractivity contribution in [3.8, 4) is 11.5 Å². The van der Waals surface area contributed by atoms with Crippen LogP contribution < -0.4 is 10.1 Å². The number of nitrogens with zero attached hydrogens (tertiary/aromatic N) is 1. The average molecular weight is 342 g/mol. The average Bonchev–Trinajstić information content (AvgIpc) is 2.53. The Kier molecular flexibility index (Phi) is 5.48. The van der Waals surface area contributed by atoms with Crippen LogP contribution in [0, 0.1) is 5.92 Å². The molecule has 0 atom stereocenters. The molecule has 1 aromatic rings. The van der Waals surface area contributed by atoms with E-state index in [-0.39, 0.29) is 17.6 Å². The second-order valence-electron chi connectivity index (χ2n) is 5.66. The van der Waals surface area contributed by atoms with Crippen molar-refractivity contribution in [1.29, 1.82) is 0 Å². The number of amides is 1. The van der Waals surface area contributed by atoms with Crippen LogP contribution in [-0.4, -0.2) is 50.2 Å². The maximum Gasteiger partial charge on any atom is 0.223 e. The van der Waals surface area contributed by atoms with E-state index in [1.54, 1.807) is 12.1 Å². The first kappa shape index (κ1) is 17.6. The first-order chi connectivity index (χ1) is 10.8. The Bertz CT molecular complexity index is 666. The fourth-order valence-corrected chi connectivity index (χ4v) is 3.49. The van der Waals surface area contributed by atoms with Crippen molar-refractivity contribution in [2.75, 3.05) is 26.5 Å². The summed E-state index contributed by atoms with van der Waals surface area (Å²) < 4.78 is 29.3. The molecule has 128 valence electrons. The molecule has 0 bridgehead atoms. The molecule has 2 N–H and O–H groups in total. The van der Waals surface area contributed by atoms with Gasteiger partial charge in [0.15, 0.2) is 11.5 Å². The highest BCUT2D eigenvalue weighted by atomic mass is 32.2. The molecule has 2 rings (SSSR count). The van der Waals surface area contributed by atoms with E-state index in [2.05, 4.69) is 5.32 Å². The van der Waals surface area contributed by atoms with Gasteiger partial charge in [0.1, 0.15) is 0 Å². The van der Waals surface area contributed by atoms with Gasteiger partial charge in [0.25, 0.3) is 0 Å². The molecular weight excluding hydrogens is 320 g/mol. The second-order valence-corrected chi connectivity index (χ2v) is 7.64. The predicted octanol–water partition coefficient (Wildman–Crippen LogP) is 0.689. The van der Waals surface area contributed by atoms with Gasteiger partial charge in [0, 0.05) is 25.6 Å². The Labute approximate surface area is 136 Å². The zero-order valence-electron chi connectivity index (χ0n) is 13.3. The maximum absolute atomic E-state index is 12.2. The van der Waals surface area contributed by atoms with Crippen molar-refractivity contribution in [3.05, 3.63) is 23.8 Å². The molecule has 1 amide bonds. The van der Waals surface area contributed by atoms with Crippen molar-refractivity contribution in [3.63, 3.8) is 0 Å². The zero-order chi connectivity index (χ0) is 17.0. The number of phenolic OH excluding ortho intramolecular Hbond substituents is 1. The number of sulfonamides is 1. The van der Waals surface area contributed by atoms with Gasteiger partial charge in [-0.2, -0.15) is 0 Å². The lowest BCUT2D eigenvalue weighted by Gasteiger charge is -2.29. The fraction of sp³-hybridized carbons (Fsp3) is 0.533. The smallest absolute Gasteiger partial charge is 0.223 e. The van der Waals surface area contributed by atoms with Crippen LogP contribution in [0.25, 0.3) is 0 Å². The van der Waals surface area contributed by atoms with Crippen LogP contribution in [0.2, 0.25) is 0 Å². The Hall–Kier alpha value is -1.80. The van der Waals surface area contributed by atoms with Gasteiger partial charge in [0.05, 0.1) is 13.4 Å². The lowest BCUT2D eigenvalue weighted by Crippen LogP contribution is -2.42. The number of benzene rings is 1. The molecule has 0 spiro atoms. The van der Waals surface area contributed by atoms with E-state index in [1.807, 2.05) is 0 Å². The lowest BCUT2D eigenvalue weighted by atomic mass is 9.97. The molecule has 1 aliphatic rings. The van der Waals surface area contributed by atoms with E-state index >= 15 is 0 Å². The van der Waals surface area contributed by atoms with Gasteiger partial charge < -0.3 is 15.2 Å². The van der Waals surface area contributed by atoms with Crippen molar-refractivity contribution in [1.82, 2.24) is 9.62 Å². The highest BCUT2D eigenvalue weighted by Gasteiger charge is 2.28. The third kappa shape index (κ3) is 4.59. The van der Waals surface area contributed by atoms with Crippen LogP contribution in [0.3, 0.4) is 0 Å². The molecular formula is C15H22N2O5S. The SMILES string of the molecule is COc1cc(CNC(=O)C2CCN(S(C)(=O)=O)CC2)ccc1O. The van der Waals surface area contributed by atoms with Crippen molar-refractivity contribution >= 4 is 15.9 Å². The number of hydrogen-bond acceptors (Lipinski definition) is 5. The summed E-state index contributed by atoms with van der Waals surface area (Å²) >= 11 is 0. The van der Waals surface area contributed by atoms with Crippen LogP contribution in [-0.2, 0) is 21.4 Å². The number of carbonyl (C=O) groups excluding carboxylic acids is 1. The number of aromatic hydroxyl groups is 1. The van der Waals surface area contributed by atoms with Gasteiger partial charge in [-0.05, 0) is 30.5 Å². The third-order valence-electron chi connectivity index (χ3n) is 4.00. The van der Waals surface area contributed by atoms with E-state index < -0.39 is 10.0 Å². The number of hydrogen-bond donors (Lipinski definition) is 2. The molecule has 1 aromatic carbocycles. The van der Waals surface area contributed by atoms with Crippen LogP contribution >= 0.6 is 0 Å². The monoisotopic (exact) mass is 342 g/mol. The number of methoxy groups -OCH3 is 1. The Balaban J connectivity index is 1.86. The van der Waals surface area contributed by atoms with Crippen LogP contribution in [0.5, 0.6) is 11.5 Å². The summed E-state index contributed by atoms with van der Waals surface area (Å²) in [5, 5.41) is 12.4. The number of nitrogens with one attached hydrogen (secondary N) is 1. The van der Waals surface area contributed by atoms with Gasteiger partial charge in [-0.1, -0.05) is 6.07 Å². The normalized spacial score (nSPS) is 17.0. The standard InChI is InChI=1S/C15H22N2O5S/c1-22-14-9-11(3-4-13(14)18)10-16-15(19)12-5-7-17(8-6-12)23(2,20)21/h3-4,9,12,18H,5-8,10H2,1-2H3,(H,16,19). The van der Waals surface area contributed by atoms with E-state index in [4.69, 9.17) is 4.74 Å². The summed E-state index contributed by atoms with van der Waals surface area (Å²) in [6.07, 6.45) is 2.24. The summed E-state index contributed by atoms with van der Waals surface area (Å²) in [6.45, 7) is 1.09. The van der Waals surface area contributed by atoms with E-state index in [9.17, 15) is 18.3 Å². The molecule has 0 saturated carbocycles. The lowest BCUT2D eigenvalue weighted by molar-refractivity contribution is -0.126. The van der Waals surface area contributed by atoms with E-state index in [1.165, 1.54) is 23.7 Å². The molecule has 8 heteroatoms. The Morgan fingerprint density at radius 2 is 2.04 bits per heavy atom. The van der Waals surface area contributed by atoms with E-state index in [0.29, 0.717) is 38.2 Å². The van der Waals surface area contributed by atoms with Crippen molar-refractivity contribution < 1.29 is 23.1 Å². The summed E-state index contributed by atoms with van der Waals surface area (Å²) in [5.41, 5.74) is 0.821. The molecule has 1 fully saturated rings. The van der Waals surface area contributed by atoms with Gasteiger partial charge >= 0.3 is 0 Å². The van der Waals surface area contributed by atoms with Gasteiger partial charge in [-0.15, -0.1) is 0 Å². The van der Waals surface area contributed by atoms with Crippen molar-refractivity contribution in [2.45, 2.75) is 19.4 Å². The molecule has 23 heavy (non-hydrogen) atoms. The quantitative estimate of drug-likeness (QED) is 0.821. The number of phenols is 1. The number of carbonyl (C=O) groups is 1. The number of ether oxygens (including phenoxy) is 1. The summed E-state index contributed by atoms with van der Waals surface area (Å²) in [4.78, 5) is 12.2. The topological polar surface area (TPSA) is 95.9 Å². The highest BCUT2D eigenvalue weighted by molar-refractivity contribution is 7.88. The summed E-state index contributed by atoms with van der Waals surface area (Å²) in [7, 11) is -1.71. The molecule has 1 aliphatic heterocycles. The zero-order valence-corrected chi connectivity index (χ0v) is 14.1. The van der Waals surface area contributed by atoms with Crippen LogP contribution in [0.1, 0.15) is 18.4 Å². The van der Waals surface area contributed by atoms with E-state index in [0.717, 1.165) is 5.56 Å². The predicted molar refractivity (Wildman–Crippen MR) is 85.6 cm³/mol. The largest absolute Gasteiger partial charge is 0.504 e. The molecule has 7 nitrogen and oxygen atoms in total. The minimum atomic E-state index is -3.18. The molecule has 1 saturated heterocycles. The minimum absolute atomic E-state index is 0.0516. The molecule has 1 heterocycles. The van der Waals surface area contributed by atoms with Gasteiger partial charge in [-0.25, -0.2) is 12.7 Å². The second kappa shape index (κ2) is 7.18. The van der Waals surface area contributed by atoms with Crippen molar-refractivity contribution in [2.24, 2.45) is 5.92 Å². The first-order valence-corrected chi connectivity index (χ1v) is 9.25. The molecule has 0 radical (unpaired) electrons. The molecule has 0 aliphatic carbocycles.